The van der Waals surface area contributed by atoms with Crippen molar-refractivity contribution in [1.29, 1.82) is 0 Å². The first-order valence-electron chi connectivity index (χ1n) is 10.9. The molecule has 0 saturated heterocycles. The van der Waals surface area contributed by atoms with E-state index in [1.165, 1.54) is 57.4 Å². The van der Waals surface area contributed by atoms with E-state index in [2.05, 4.69) is 10.9 Å². The topological polar surface area (TPSA) is 136 Å². The number of aromatic nitrogens is 1. The van der Waals surface area contributed by atoms with Gasteiger partial charge in [0.05, 0.1) is 21.4 Å². The average Bonchev–Trinajstić information content (AvgIpc) is 3.31. The molecule has 2 heterocycles. The second-order valence-electron chi connectivity index (χ2n) is 8.01. The summed E-state index contributed by atoms with van der Waals surface area (Å²) in [6.07, 6.45) is 7.08. The lowest BCUT2D eigenvalue weighted by molar-refractivity contribution is -0.384. The predicted molar refractivity (Wildman–Crippen MR) is 122 cm³/mol. The number of fused-ring (bicyclic) bond motifs is 2. The molecule has 0 aliphatic heterocycles. The number of nitro benzene ring substituents is 1. The fourth-order valence-corrected chi connectivity index (χ4v) is 5.13. The lowest BCUT2D eigenvalue weighted by atomic mass is 10.00. The third-order valence-electron chi connectivity index (χ3n) is 5.68. The van der Waals surface area contributed by atoms with E-state index in [0.717, 1.165) is 25.7 Å². The number of nitrogens with zero attached hydrogens (tertiary/aromatic N) is 2. The number of hydrazine groups is 1. The minimum atomic E-state index is -0.646. The lowest BCUT2D eigenvalue weighted by Crippen LogP contribution is -2.41. The van der Waals surface area contributed by atoms with Crippen LogP contribution in [0.15, 0.2) is 33.5 Å². The normalized spacial score (nSPS) is 13.7. The summed E-state index contributed by atoms with van der Waals surface area (Å²) >= 11 is 1.49. The zero-order valence-electron chi connectivity index (χ0n) is 17.9. The van der Waals surface area contributed by atoms with Gasteiger partial charge in [0.15, 0.2) is 5.58 Å². The van der Waals surface area contributed by atoms with Gasteiger partial charge in [-0.05, 0) is 49.8 Å². The molecule has 11 heteroatoms. The molecule has 1 aliphatic carbocycles. The summed E-state index contributed by atoms with van der Waals surface area (Å²) in [7, 11) is 0. The number of oxazole rings is 1. The number of aryl methyl sites for hydroxylation is 3. The Labute approximate surface area is 192 Å². The number of nitro groups is 1. The first-order chi connectivity index (χ1) is 15.9. The molecule has 1 aliphatic rings. The second kappa shape index (κ2) is 9.99. The Balaban J connectivity index is 1.28. The number of hydrogen-bond donors (Lipinski definition) is 2. The van der Waals surface area contributed by atoms with E-state index >= 15 is 0 Å². The predicted octanol–water partition coefficient (Wildman–Crippen LogP) is 3.46. The van der Waals surface area contributed by atoms with Gasteiger partial charge in [-0.15, -0.1) is 11.3 Å². The van der Waals surface area contributed by atoms with Crippen LogP contribution in [0.2, 0.25) is 0 Å². The Morgan fingerprint density at radius 2 is 1.91 bits per heavy atom. The summed E-state index contributed by atoms with van der Waals surface area (Å²) in [4.78, 5) is 48.8. The first-order valence-corrected chi connectivity index (χ1v) is 11.7. The third-order valence-corrected chi connectivity index (χ3v) is 6.92. The van der Waals surface area contributed by atoms with Crippen LogP contribution in [0.3, 0.4) is 0 Å². The molecule has 0 atom stereocenters. The van der Waals surface area contributed by atoms with Crippen molar-refractivity contribution in [2.75, 3.05) is 0 Å². The molecule has 0 radical (unpaired) electrons. The molecule has 2 amide bonds. The van der Waals surface area contributed by atoms with E-state index in [0.29, 0.717) is 16.8 Å². The molecule has 0 saturated carbocycles. The molecule has 2 aromatic heterocycles. The third kappa shape index (κ3) is 5.30. The smallest absolute Gasteiger partial charge is 0.407 e. The van der Waals surface area contributed by atoms with Crippen molar-refractivity contribution >= 4 is 39.9 Å². The maximum absolute atomic E-state index is 12.4. The molecular weight excluding hydrogens is 448 g/mol. The second-order valence-corrected chi connectivity index (χ2v) is 9.14. The van der Waals surface area contributed by atoms with Crippen molar-refractivity contribution < 1.29 is 18.9 Å². The molecule has 0 unspecified atom stereocenters. The minimum absolute atomic E-state index is 0.0767. The van der Waals surface area contributed by atoms with E-state index in [1.807, 2.05) is 6.07 Å². The number of carbonyl (C=O) groups excluding carboxylic acids is 2. The average molecular weight is 473 g/mol. The monoisotopic (exact) mass is 472 g/mol. The fraction of sp³-hybridized carbons (Fsp3) is 0.409. The van der Waals surface area contributed by atoms with Crippen molar-refractivity contribution in [3.8, 4) is 0 Å². The molecule has 0 fully saturated rings. The highest BCUT2D eigenvalue weighted by atomic mass is 32.1. The van der Waals surface area contributed by atoms with Crippen molar-refractivity contribution in [3.05, 3.63) is 60.2 Å². The molecule has 4 rings (SSSR count). The zero-order chi connectivity index (χ0) is 23.4. The number of rotatable bonds is 6. The van der Waals surface area contributed by atoms with Crippen LogP contribution in [0.5, 0.6) is 0 Å². The molecule has 3 aromatic rings. The molecule has 0 bridgehead atoms. The van der Waals surface area contributed by atoms with Gasteiger partial charge < -0.3 is 4.42 Å². The number of nitrogens with one attached hydrogen (secondary N) is 2. The van der Waals surface area contributed by atoms with Gasteiger partial charge in [-0.3, -0.25) is 35.1 Å². The Bertz CT molecular complexity index is 1230. The molecular formula is C22H24N4O6S. The highest BCUT2D eigenvalue weighted by Gasteiger charge is 2.17. The van der Waals surface area contributed by atoms with Gasteiger partial charge in [0, 0.05) is 23.9 Å². The van der Waals surface area contributed by atoms with Gasteiger partial charge in [0.25, 0.3) is 11.6 Å². The standard InChI is InChI=1S/C22H24N4O6S/c27-20(23-24-21(28)19-12-14-6-3-1-2-4-7-18(14)33-19)8-5-11-25-16-10-9-15(26(30)31)13-17(16)32-22(25)29/h9-10,12-13H,1-8,11H2,(H,23,27)(H,24,28). The summed E-state index contributed by atoms with van der Waals surface area (Å²) in [6, 6.07) is 5.86. The summed E-state index contributed by atoms with van der Waals surface area (Å²) in [5.74, 6) is -1.36. The summed E-state index contributed by atoms with van der Waals surface area (Å²) in [5.41, 5.74) is 6.49. The lowest BCUT2D eigenvalue weighted by Gasteiger charge is -2.07. The Morgan fingerprint density at radius 3 is 2.70 bits per heavy atom. The van der Waals surface area contributed by atoms with Crippen LogP contribution < -0.4 is 16.6 Å². The quantitative estimate of drug-likeness (QED) is 0.416. The minimum Gasteiger partial charge on any atom is -0.407 e. The molecule has 33 heavy (non-hydrogen) atoms. The van der Waals surface area contributed by atoms with E-state index in [1.54, 1.807) is 0 Å². The molecule has 1 aromatic carbocycles. The van der Waals surface area contributed by atoms with Crippen molar-refractivity contribution in [2.45, 2.75) is 57.9 Å². The number of benzene rings is 1. The van der Waals surface area contributed by atoms with Crippen LogP contribution in [0, 0.1) is 10.1 Å². The van der Waals surface area contributed by atoms with E-state index in [9.17, 15) is 24.5 Å². The van der Waals surface area contributed by atoms with Crippen LogP contribution >= 0.6 is 11.3 Å². The largest absolute Gasteiger partial charge is 0.419 e. The number of thiophene rings is 1. The maximum atomic E-state index is 12.4. The Hall–Kier alpha value is -3.47. The van der Waals surface area contributed by atoms with Gasteiger partial charge in [0.1, 0.15) is 0 Å². The van der Waals surface area contributed by atoms with Crippen LogP contribution in [-0.4, -0.2) is 21.3 Å². The number of amides is 2. The van der Waals surface area contributed by atoms with Gasteiger partial charge in [0.2, 0.25) is 5.91 Å². The fourth-order valence-electron chi connectivity index (χ4n) is 3.98. The van der Waals surface area contributed by atoms with Gasteiger partial charge in [-0.1, -0.05) is 12.8 Å². The van der Waals surface area contributed by atoms with Gasteiger partial charge in [-0.2, -0.15) is 0 Å². The highest BCUT2D eigenvalue weighted by molar-refractivity contribution is 7.14. The van der Waals surface area contributed by atoms with E-state index < -0.39 is 10.7 Å². The van der Waals surface area contributed by atoms with Crippen LogP contribution in [0.1, 0.15) is 58.6 Å². The van der Waals surface area contributed by atoms with Gasteiger partial charge >= 0.3 is 5.76 Å². The molecule has 174 valence electrons. The zero-order valence-corrected chi connectivity index (χ0v) is 18.7. The van der Waals surface area contributed by atoms with E-state index in [-0.39, 0.29) is 36.1 Å². The maximum Gasteiger partial charge on any atom is 0.419 e. The summed E-state index contributed by atoms with van der Waals surface area (Å²) in [6.45, 7) is 0.197. The van der Waals surface area contributed by atoms with Crippen LogP contribution in [0.4, 0.5) is 5.69 Å². The van der Waals surface area contributed by atoms with E-state index in [4.69, 9.17) is 4.42 Å². The number of non-ortho nitro benzene ring substituents is 1. The summed E-state index contributed by atoms with van der Waals surface area (Å²) in [5, 5.41) is 10.9. The SMILES string of the molecule is O=C(CCCn1c(=O)oc2cc([N+](=O)[O-])ccc21)NNC(=O)c1cc2c(s1)CCCCCC2. The van der Waals surface area contributed by atoms with Crippen LogP contribution in [-0.2, 0) is 24.2 Å². The highest BCUT2D eigenvalue weighted by Crippen LogP contribution is 2.28. The number of carbonyl (C=O) groups is 2. The van der Waals surface area contributed by atoms with Crippen molar-refractivity contribution in [2.24, 2.45) is 0 Å². The Morgan fingerprint density at radius 1 is 1.12 bits per heavy atom. The number of hydrogen-bond acceptors (Lipinski definition) is 7. The van der Waals surface area contributed by atoms with Crippen molar-refractivity contribution in [1.82, 2.24) is 15.4 Å². The van der Waals surface area contributed by atoms with Gasteiger partial charge in [-0.25, -0.2) is 4.79 Å². The molecule has 10 nitrogen and oxygen atoms in total. The molecule has 2 N–H and O–H groups in total. The van der Waals surface area contributed by atoms with Crippen LogP contribution in [0.25, 0.3) is 11.1 Å². The summed E-state index contributed by atoms with van der Waals surface area (Å²) < 4.78 is 6.40. The van der Waals surface area contributed by atoms with Crippen molar-refractivity contribution in [3.63, 3.8) is 0 Å². The Kier molecular flexibility index (Phi) is 6.87. The first kappa shape index (κ1) is 22.7. The molecule has 0 spiro atoms.